The normalized spacial score (nSPS) is 14.4. The highest BCUT2D eigenvalue weighted by atomic mass is 35.5. The van der Waals surface area contributed by atoms with Crippen LogP contribution in [0.25, 0.3) is 6.08 Å². The van der Waals surface area contributed by atoms with E-state index in [2.05, 4.69) is 0 Å². The van der Waals surface area contributed by atoms with E-state index >= 15 is 0 Å². The fourth-order valence-corrected chi connectivity index (χ4v) is 4.29. The van der Waals surface area contributed by atoms with Crippen molar-refractivity contribution < 1.29 is 36.7 Å². The number of carbonyl (C=O) groups excluding carboxylic acids is 3. The summed E-state index contributed by atoms with van der Waals surface area (Å²) in [7, 11) is 0. The number of hydrogen-bond donors (Lipinski definition) is 1. The predicted molar refractivity (Wildman–Crippen MR) is 130 cm³/mol. The van der Waals surface area contributed by atoms with Crippen molar-refractivity contribution in [3.63, 3.8) is 0 Å². The van der Waals surface area contributed by atoms with Crippen molar-refractivity contribution in [2.24, 2.45) is 0 Å². The summed E-state index contributed by atoms with van der Waals surface area (Å²) >= 11 is 6.57. The third-order valence-electron chi connectivity index (χ3n) is 5.11. The Kier molecular flexibility index (Phi) is 7.84. The van der Waals surface area contributed by atoms with Gasteiger partial charge in [0.2, 0.25) is 5.91 Å². The molecule has 3 aromatic rings. The number of halogens is 5. The third kappa shape index (κ3) is 5.95. The van der Waals surface area contributed by atoms with E-state index in [1.807, 2.05) is 5.32 Å². The maximum absolute atomic E-state index is 13.9. The average molecular weight is 551 g/mol. The lowest BCUT2D eigenvalue weighted by molar-refractivity contribution is -0.127. The summed E-state index contributed by atoms with van der Waals surface area (Å²) < 4.78 is 59.6. The summed E-state index contributed by atoms with van der Waals surface area (Å²) in [5, 5.41) is 1.50. The van der Waals surface area contributed by atoms with Crippen LogP contribution < -0.4 is 10.1 Å². The number of nitrogens with zero attached hydrogens (tertiary/aromatic N) is 1. The Morgan fingerprint density at radius 2 is 1.70 bits per heavy atom. The van der Waals surface area contributed by atoms with Gasteiger partial charge in [-0.1, -0.05) is 29.8 Å². The number of hydrogen-bond acceptors (Lipinski definition) is 5. The fraction of sp³-hybridized carbons (Fsp3) is 0.0800. The highest BCUT2D eigenvalue weighted by Crippen LogP contribution is 2.32. The van der Waals surface area contributed by atoms with Crippen LogP contribution in [-0.4, -0.2) is 28.5 Å². The minimum Gasteiger partial charge on any atom is -0.489 e. The predicted octanol–water partition coefficient (Wildman–Crippen LogP) is 6.15. The number of carbonyl (C=O) groups is 3. The van der Waals surface area contributed by atoms with Crippen molar-refractivity contribution in [2.45, 2.75) is 6.61 Å². The molecule has 0 atom stereocenters. The van der Waals surface area contributed by atoms with E-state index in [1.54, 1.807) is 30.3 Å². The SMILES string of the molecule is O=C(CN1C(=O)S/C(=C\c2ccc(OCc3c(F)cccc3Cl)cc2)C1=O)Nc1ccc(F)c(F)c1F. The summed E-state index contributed by atoms with van der Waals surface area (Å²) in [6, 6.07) is 12.1. The molecule has 1 aliphatic heterocycles. The summed E-state index contributed by atoms with van der Waals surface area (Å²) in [4.78, 5) is 37.8. The largest absolute Gasteiger partial charge is 0.489 e. The molecule has 12 heteroatoms. The highest BCUT2D eigenvalue weighted by Gasteiger charge is 2.36. The smallest absolute Gasteiger partial charge is 0.294 e. The van der Waals surface area contributed by atoms with Crippen LogP contribution >= 0.6 is 23.4 Å². The van der Waals surface area contributed by atoms with Gasteiger partial charge in [-0.3, -0.25) is 19.3 Å². The zero-order valence-electron chi connectivity index (χ0n) is 18.6. The Morgan fingerprint density at radius 1 is 0.973 bits per heavy atom. The quantitative estimate of drug-likeness (QED) is 0.217. The molecule has 1 N–H and O–H groups in total. The third-order valence-corrected chi connectivity index (χ3v) is 6.37. The number of thioether (sulfide) groups is 1. The molecule has 3 amide bonds. The van der Waals surface area contributed by atoms with Crippen molar-refractivity contribution in [1.82, 2.24) is 4.90 Å². The second-order valence-corrected chi connectivity index (χ2v) is 9.00. The van der Waals surface area contributed by atoms with E-state index in [9.17, 15) is 31.9 Å². The topological polar surface area (TPSA) is 75.7 Å². The molecule has 0 unspecified atom stereocenters. The standard InChI is InChI=1S/C25H15ClF4N2O4S/c26-16-2-1-3-17(27)15(16)12-36-14-6-4-13(5-7-14)10-20-24(34)32(25(35)37-20)11-21(33)31-19-9-8-18(28)22(29)23(19)30/h1-10H,11-12H2,(H,31,33)/b20-10-. The first kappa shape index (κ1) is 26.2. The first-order valence-corrected chi connectivity index (χ1v) is 11.7. The number of benzene rings is 3. The van der Waals surface area contributed by atoms with Gasteiger partial charge in [0.05, 0.1) is 15.6 Å². The maximum Gasteiger partial charge on any atom is 0.294 e. The van der Waals surface area contributed by atoms with Crippen LogP contribution in [0.3, 0.4) is 0 Å². The maximum atomic E-state index is 13.9. The Hall–Kier alpha value is -3.83. The Bertz CT molecular complexity index is 1410. The number of rotatable bonds is 7. The van der Waals surface area contributed by atoms with Gasteiger partial charge in [0.15, 0.2) is 17.5 Å². The van der Waals surface area contributed by atoms with Crippen molar-refractivity contribution >= 4 is 52.2 Å². The van der Waals surface area contributed by atoms with Crippen LogP contribution in [0.4, 0.5) is 28.0 Å². The summed E-state index contributed by atoms with van der Waals surface area (Å²) in [6.07, 6.45) is 1.43. The molecular formula is C25H15ClF4N2O4S. The Morgan fingerprint density at radius 3 is 2.41 bits per heavy atom. The lowest BCUT2D eigenvalue weighted by Crippen LogP contribution is -2.36. The number of imide groups is 1. The summed E-state index contributed by atoms with van der Waals surface area (Å²) in [5.74, 6) is -6.63. The molecule has 0 bridgehead atoms. The Labute approximate surface area is 216 Å². The molecule has 1 heterocycles. The first-order valence-electron chi connectivity index (χ1n) is 10.5. The zero-order chi connectivity index (χ0) is 26.7. The van der Waals surface area contributed by atoms with Crippen molar-refractivity contribution in [2.75, 3.05) is 11.9 Å². The number of amides is 3. The molecule has 0 aromatic heterocycles. The molecule has 37 heavy (non-hydrogen) atoms. The first-order chi connectivity index (χ1) is 17.6. The van der Waals surface area contributed by atoms with E-state index in [1.165, 1.54) is 18.2 Å². The van der Waals surface area contributed by atoms with Gasteiger partial charge in [0.25, 0.3) is 11.1 Å². The number of anilines is 1. The lowest BCUT2D eigenvalue weighted by atomic mass is 10.2. The zero-order valence-corrected chi connectivity index (χ0v) is 20.1. The van der Waals surface area contributed by atoms with Crippen LogP contribution in [0.15, 0.2) is 59.5 Å². The van der Waals surface area contributed by atoms with Crippen molar-refractivity contribution in [3.8, 4) is 5.75 Å². The summed E-state index contributed by atoms with van der Waals surface area (Å²) in [6.45, 7) is -0.855. The molecule has 0 saturated carbocycles. The molecular weight excluding hydrogens is 536 g/mol. The van der Waals surface area contributed by atoms with Gasteiger partial charge in [-0.25, -0.2) is 17.6 Å². The van der Waals surface area contributed by atoms with Crippen LogP contribution in [-0.2, 0) is 16.2 Å². The minimum atomic E-state index is -1.76. The summed E-state index contributed by atoms with van der Waals surface area (Å²) in [5.41, 5.74) is 0.110. The molecule has 190 valence electrons. The molecule has 4 rings (SSSR count). The van der Waals surface area contributed by atoms with Crippen LogP contribution in [0, 0.1) is 23.3 Å². The van der Waals surface area contributed by atoms with Crippen molar-refractivity contribution in [3.05, 3.63) is 98.9 Å². The molecule has 1 aliphatic rings. The van der Waals surface area contributed by atoms with Crippen molar-refractivity contribution in [1.29, 1.82) is 0 Å². The highest BCUT2D eigenvalue weighted by molar-refractivity contribution is 8.18. The second-order valence-electron chi connectivity index (χ2n) is 7.60. The molecule has 0 aliphatic carbocycles. The van der Waals surface area contributed by atoms with Crippen LogP contribution in [0.2, 0.25) is 5.02 Å². The molecule has 1 fully saturated rings. The van der Waals surface area contributed by atoms with Gasteiger partial charge < -0.3 is 10.1 Å². The molecule has 6 nitrogen and oxygen atoms in total. The molecule has 0 spiro atoms. The van der Waals surface area contributed by atoms with Gasteiger partial charge in [-0.05, 0) is 59.8 Å². The second kappa shape index (κ2) is 11.1. The number of ether oxygens (including phenoxy) is 1. The molecule has 0 radical (unpaired) electrons. The van der Waals surface area contributed by atoms with Gasteiger partial charge >= 0.3 is 0 Å². The average Bonchev–Trinajstić information content (AvgIpc) is 3.12. The lowest BCUT2D eigenvalue weighted by Gasteiger charge is -2.13. The van der Waals surface area contributed by atoms with Gasteiger partial charge in [-0.15, -0.1) is 0 Å². The Balaban J connectivity index is 1.38. The van der Waals surface area contributed by atoms with Gasteiger partial charge in [0, 0.05) is 5.56 Å². The molecule has 1 saturated heterocycles. The molecule has 3 aromatic carbocycles. The van der Waals surface area contributed by atoms with E-state index in [0.29, 0.717) is 34.0 Å². The van der Waals surface area contributed by atoms with E-state index < -0.39 is 52.6 Å². The van der Waals surface area contributed by atoms with Gasteiger partial charge in [-0.2, -0.15) is 0 Å². The van der Waals surface area contributed by atoms with E-state index in [-0.39, 0.29) is 22.1 Å². The number of nitrogens with one attached hydrogen (secondary N) is 1. The fourth-order valence-electron chi connectivity index (χ4n) is 3.23. The van der Waals surface area contributed by atoms with Gasteiger partial charge in [0.1, 0.15) is 24.7 Å². The van der Waals surface area contributed by atoms with Crippen LogP contribution in [0.1, 0.15) is 11.1 Å². The van der Waals surface area contributed by atoms with E-state index in [0.717, 1.165) is 6.07 Å². The van der Waals surface area contributed by atoms with Crippen LogP contribution in [0.5, 0.6) is 5.75 Å². The monoisotopic (exact) mass is 550 g/mol. The minimum absolute atomic E-state index is 0.0311. The van der Waals surface area contributed by atoms with E-state index in [4.69, 9.17) is 16.3 Å².